The van der Waals surface area contributed by atoms with Crippen molar-refractivity contribution in [1.29, 1.82) is 5.26 Å². The summed E-state index contributed by atoms with van der Waals surface area (Å²) in [5.74, 6) is 1.14. The predicted molar refractivity (Wildman–Crippen MR) is 67.6 cm³/mol. The highest BCUT2D eigenvalue weighted by Gasteiger charge is 2.13. The third-order valence-corrected chi connectivity index (χ3v) is 2.81. The van der Waals surface area contributed by atoms with Crippen molar-refractivity contribution in [1.82, 2.24) is 14.7 Å². The Labute approximate surface area is 110 Å². The Bertz CT molecular complexity index is 691. The molecule has 0 aliphatic rings. The van der Waals surface area contributed by atoms with Crippen molar-refractivity contribution in [3.8, 4) is 6.07 Å². The molecule has 6 nitrogen and oxygen atoms in total. The van der Waals surface area contributed by atoms with Gasteiger partial charge >= 0.3 is 0 Å². The lowest BCUT2D eigenvalue weighted by Crippen LogP contribution is -2.25. The van der Waals surface area contributed by atoms with E-state index in [0.29, 0.717) is 11.7 Å². The van der Waals surface area contributed by atoms with E-state index in [4.69, 9.17) is 9.78 Å². The summed E-state index contributed by atoms with van der Waals surface area (Å²) < 4.78 is 6.56. The van der Waals surface area contributed by atoms with Gasteiger partial charge in [0.15, 0.2) is 5.82 Å². The molecule has 98 valence electrons. The number of nitriles is 1. The van der Waals surface area contributed by atoms with Crippen molar-refractivity contribution in [3.05, 3.63) is 45.5 Å². The van der Waals surface area contributed by atoms with Crippen LogP contribution in [-0.4, -0.2) is 14.7 Å². The maximum Gasteiger partial charge on any atom is 0.269 e. The molecule has 6 heteroatoms. The summed E-state index contributed by atoms with van der Waals surface area (Å²) in [4.78, 5) is 16.2. The van der Waals surface area contributed by atoms with Gasteiger partial charge < -0.3 is 9.09 Å². The first-order valence-corrected chi connectivity index (χ1v) is 5.96. The minimum Gasteiger partial charge on any atom is -0.337 e. The van der Waals surface area contributed by atoms with Gasteiger partial charge in [-0.1, -0.05) is 19.0 Å². The molecule has 19 heavy (non-hydrogen) atoms. The minimum atomic E-state index is -0.341. The molecule has 0 bridgehead atoms. The third kappa shape index (κ3) is 2.55. The molecule has 0 atom stereocenters. The largest absolute Gasteiger partial charge is 0.337 e. The molecule has 0 unspecified atom stereocenters. The Kier molecular flexibility index (Phi) is 3.47. The number of hydrogen-bond donors (Lipinski definition) is 0. The topological polar surface area (TPSA) is 84.7 Å². The molecule has 0 N–H and O–H groups in total. The van der Waals surface area contributed by atoms with Crippen LogP contribution in [-0.2, 0) is 6.54 Å². The van der Waals surface area contributed by atoms with E-state index in [0.717, 1.165) is 5.69 Å². The zero-order valence-electron chi connectivity index (χ0n) is 11.0. The number of rotatable bonds is 3. The molecular formula is C13H14N4O2. The standard InChI is InChI=1S/C13H14N4O2/c1-8(2)12-15-11(19-16-12)7-17-9(3)4-5-10(6-14)13(17)18/h4-5,8H,7H2,1-3H3. The summed E-state index contributed by atoms with van der Waals surface area (Å²) in [6, 6.07) is 5.11. The molecule has 2 heterocycles. The van der Waals surface area contributed by atoms with Gasteiger partial charge in [0.1, 0.15) is 18.2 Å². The van der Waals surface area contributed by atoms with Crippen LogP contribution in [0.15, 0.2) is 21.5 Å². The molecular weight excluding hydrogens is 244 g/mol. The van der Waals surface area contributed by atoms with Gasteiger partial charge in [-0.15, -0.1) is 0 Å². The molecule has 2 aromatic heterocycles. The summed E-state index contributed by atoms with van der Waals surface area (Å²) >= 11 is 0. The van der Waals surface area contributed by atoms with Gasteiger partial charge in [-0.3, -0.25) is 4.79 Å². The van der Waals surface area contributed by atoms with Crippen LogP contribution >= 0.6 is 0 Å². The highest BCUT2D eigenvalue weighted by Crippen LogP contribution is 2.10. The number of aryl methyl sites for hydroxylation is 1. The fraction of sp³-hybridized carbons (Fsp3) is 0.385. The number of aromatic nitrogens is 3. The van der Waals surface area contributed by atoms with Gasteiger partial charge in [-0.2, -0.15) is 10.2 Å². The molecule has 0 saturated heterocycles. The number of hydrogen-bond acceptors (Lipinski definition) is 5. The van der Waals surface area contributed by atoms with Crippen LogP contribution in [0.3, 0.4) is 0 Å². The quantitative estimate of drug-likeness (QED) is 0.834. The number of pyridine rings is 1. The van der Waals surface area contributed by atoms with Crippen molar-refractivity contribution < 1.29 is 4.52 Å². The molecule has 0 saturated carbocycles. The van der Waals surface area contributed by atoms with Gasteiger partial charge in [-0.25, -0.2) is 0 Å². The van der Waals surface area contributed by atoms with Crippen molar-refractivity contribution in [2.75, 3.05) is 0 Å². The fourth-order valence-electron chi connectivity index (χ4n) is 1.65. The smallest absolute Gasteiger partial charge is 0.269 e. The average molecular weight is 258 g/mol. The van der Waals surface area contributed by atoms with E-state index in [1.54, 1.807) is 13.0 Å². The minimum absolute atomic E-state index is 0.106. The molecule has 2 rings (SSSR count). The van der Waals surface area contributed by atoms with E-state index in [2.05, 4.69) is 10.1 Å². The average Bonchev–Trinajstić information content (AvgIpc) is 2.83. The SMILES string of the molecule is Cc1ccc(C#N)c(=O)n1Cc1nc(C(C)C)no1. The number of nitrogens with zero attached hydrogens (tertiary/aromatic N) is 4. The Morgan fingerprint density at radius 2 is 2.21 bits per heavy atom. The Morgan fingerprint density at radius 1 is 1.47 bits per heavy atom. The van der Waals surface area contributed by atoms with Gasteiger partial charge in [-0.05, 0) is 19.1 Å². The first-order chi connectivity index (χ1) is 9.02. The first-order valence-electron chi connectivity index (χ1n) is 5.96. The van der Waals surface area contributed by atoms with Crippen molar-refractivity contribution in [3.63, 3.8) is 0 Å². The van der Waals surface area contributed by atoms with Gasteiger partial charge in [0, 0.05) is 11.6 Å². The fourth-order valence-corrected chi connectivity index (χ4v) is 1.65. The lowest BCUT2D eigenvalue weighted by atomic mass is 10.2. The van der Waals surface area contributed by atoms with Crippen molar-refractivity contribution in [2.24, 2.45) is 0 Å². The second-order valence-electron chi connectivity index (χ2n) is 4.59. The summed E-state index contributed by atoms with van der Waals surface area (Å²) in [6.45, 7) is 5.90. The molecule has 2 aromatic rings. The molecule has 0 spiro atoms. The van der Waals surface area contributed by atoms with E-state index in [1.807, 2.05) is 19.9 Å². The Balaban J connectivity index is 2.38. The highest BCUT2D eigenvalue weighted by atomic mass is 16.5. The van der Waals surface area contributed by atoms with Crippen molar-refractivity contribution >= 4 is 0 Å². The second kappa shape index (κ2) is 5.06. The summed E-state index contributed by atoms with van der Waals surface area (Å²) in [7, 11) is 0. The molecule has 0 aliphatic carbocycles. The summed E-state index contributed by atoms with van der Waals surface area (Å²) in [5, 5.41) is 12.7. The van der Waals surface area contributed by atoms with E-state index in [1.165, 1.54) is 10.6 Å². The summed E-state index contributed by atoms with van der Waals surface area (Å²) in [6.07, 6.45) is 0. The molecule has 0 aromatic carbocycles. The zero-order chi connectivity index (χ0) is 14.0. The summed E-state index contributed by atoms with van der Waals surface area (Å²) in [5.41, 5.74) is 0.509. The van der Waals surface area contributed by atoms with Gasteiger partial charge in [0.05, 0.1) is 0 Å². The lowest BCUT2D eigenvalue weighted by Gasteiger charge is -2.06. The third-order valence-electron chi connectivity index (χ3n) is 2.81. The van der Waals surface area contributed by atoms with E-state index < -0.39 is 0 Å². The van der Waals surface area contributed by atoms with Crippen LogP contribution in [0.4, 0.5) is 0 Å². The first kappa shape index (κ1) is 13.0. The van der Waals surface area contributed by atoms with Gasteiger partial charge in [0.25, 0.3) is 5.56 Å². The lowest BCUT2D eigenvalue weighted by molar-refractivity contribution is 0.362. The molecule has 0 amide bonds. The Morgan fingerprint density at radius 3 is 2.79 bits per heavy atom. The molecule has 0 aliphatic heterocycles. The van der Waals surface area contributed by atoms with Crippen LogP contribution in [0, 0.1) is 18.3 Å². The Hall–Kier alpha value is -2.42. The predicted octanol–water partition coefficient (Wildman–Crippen LogP) is 1.58. The van der Waals surface area contributed by atoms with E-state index in [9.17, 15) is 4.79 Å². The van der Waals surface area contributed by atoms with Crippen LogP contribution in [0.25, 0.3) is 0 Å². The normalized spacial score (nSPS) is 10.7. The highest BCUT2D eigenvalue weighted by molar-refractivity contribution is 5.27. The van der Waals surface area contributed by atoms with Crippen LogP contribution in [0.5, 0.6) is 0 Å². The van der Waals surface area contributed by atoms with Crippen LogP contribution in [0.1, 0.15) is 42.7 Å². The van der Waals surface area contributed by atoms with Gasteiger partial charge in [0.2, 0.25) is 5.89 Å². The maximum absolute atomic E-state index is 12.0. The second-order valence-corrected chi connectivity index (χ2v) is 4.59. The van der Waals surface area contributed by atoms with Crippen molar-refractivity contribution in [2.45, 2.75) is 33.2 Å². The van der Waals surface area contributed by atoms with E-state index in [-0.39, 0.29) is 23.6 Å². The van der Waals surface area contributed by atoms with Crippen LogP contribution in [0.2, 0.25) is 0 Å². The zero-order valence-corrected chi connectivity index (χ0v) is 11.0. The van der Waals surface area contributed by atoms with E-state index >= 15 is 0 Å². The van der Waals surface area contributed by atoms with Crippen LogP contribution < -0.4 is 5.56 Å². The molecule has 0 fully saturated rings. The molecule has 0 radical (unpaired) electrons. The maximum atomic E-state index is 12.0. The monoisotopic (exact) mass is 258 g/mol.